The number of hydrogen-bond acceptors (Lipinski definition) is 4. The molecule has 0 radical (unpaired) electrons. The standard InChI is InChI=1S/C21H20N2O2S/c1-13-17-7-10-26-20(17)21(25)23-8-2-3-18(24)19(13)15-5-4-14-6-9-22-12-16(14)11-15/h2-5,7,10-11,22,24H,1,6,8-9,12H2,(H,23,25)/b3-2-,19-18-. The molecule has 4 rings (SSSR count). The highest BCUT2D eigenvalue weighted by atomic mass is 32.1. The number of fused-ring (bicyclic) bond motifs is 2. The second kappa shape index (κ2) is 6.94. The molecule has 1 aromatic heterocycles. The van der Waals surface area contributed by atoms with Crippen LogP contribution in [0.25, 0.3) is 11.1 Å². The van der Waals surface area contributed by atoms with Gasteiger partial charge in [0.2, 0.25) is 0 Å². The number of allylic oxidation sites excluding steroid dienone is 3. The van der Waals surface area contributed by atoms with E-state index in [1.807, 2.05) is 17.5 Å². The van der Waals surface area contributed by atoms with Crippen molar-refractivity contribution < 1.29 is 9.90 Å². The van der Waals surface area contributed by atoms with E-state index in [4.69, 9.17) is 0 Å². The van der Waals surface area contributed by atoms with Crippen molar-refractivity contribution in [3.63, 3.8) is 0 Å². The summed E-state index contributed by atoms with van der Waals surface area (Å²) in [7, 11) is 0. The van der Waals surface area contributed by atoms with E-state index in [9.17, 15) is 9.90 Å². The highest BCUT2D eigenvalue weighted by Crippen LogP contribution is 2.37. The monoisotopic (exact) mass is 364 g/mol. The Hall–Kier alpha value is -2.63. The number of benzene rings is 1. The maximum Gasteiger partial charge on any atom is 0.262 e. The third-order valence-corrected chi connectivity index (χ3v) is 5.71. The van der Waals surface area contributed by atoms with Gasteiger partial charge in [-0.1, -0.05) is 24.8 Å². The molecule has 4 nitrogen and oxygen atoms in total. The van der Waals surface area contributed by atoms with E-state index in [0.29, 0.717) is 22.6 Å². The van der Waals surface area contributed by atoms with Gasteiger partial charge in [-0.05, 0) is 58.8 Å². The summed E-state index contributed by atoms with van der Waals surface area (Å²) in [6, 6.07) is 8.17. The Labute approximate surface area is 156 Å². The van der Waals surface area contributed by atoms with Crippen molar-refractivity contribution in [1.82, 2.24) is 10.6 Å². The van der Waals surface area contributed by atoms with Crippen molar-refractivity contribution in [1.29, 1.82) is 0 Å². The molecule has 5 heteroatoms. The lowest BCUT2D eigenvalue weighted by atomic mass is 9.89. The number of aliphatic hydroxyl groups is 1. The van der Waals surface area contributed by atoms with Crippen LogP contribution in [-0.2, 0) is 13.0 Å². The predicted octanol–water partition coefficient (Wildman–Crippen LogP) is 3.68. The van der Waals surface area contributed by atoms with Gasteiger partial charge in [-0.2, -0.15) is 0 Å². The lowest BCUT2D eigenvalue weighted by Crippen LogP contribution is -2.24. The first-order chi connectivity index (χ1) is 12.6. The molecule has 0 saturated heterocycles. The number of rotatable bonds is 1. The van der Waals surface area contributed by atoms with Crippen LogP contribution in [0, 0.1) is 0 Å². The van der Waals surface area contributed by atoms with Gasteiger partial charge in [0, 0.05) is 24.2 Å². The van der Waals surface area contributed by atoms with E-state index in [0.717, 1.165) is 30.6 Å². The van der Waals surface area contributed by atoms with Crippen LogP contribution >= 0.6 is 11.3 Å². The number of carbonyl (C=O) groups is 1. The summed E-state index contributed by atoms with van der Waals surface area (Å²) in [5.74, 6) is 0.0446. The Bertz CT molecular complexity index is 953. The summed E-state index contributed by atoms with van der Waals surface area (Å²) >= 11 is 1.39. The zero-order valence-electron chi connectivity index (χ0n) is 14.3. The van der Waals surface area contributed by atoms with Crippen LogP contribution in [0.4, 0.5) is 0 Å². The minimum absolute atomic E-state index is 0.115. The number of amides is 1. The maximum atomic E-state index is 12.4. The minimum Gasteiger partial charge on any atom is -0.507 e. The van der Waals surface area contributed by atoms with Gasteiger partial charge in [-0.15, -0.1) is 11.3 Å². The molecule has 0 saturated carbocycles. The Morgan fingerprint density at radius 3 is 2.96 bits per heavy atom. The summed E-state index contributed by atoms with van der Waals surface area (Å²) < 4.78 is 0. The maximum absolute atomic E-state index is 12.4. The van der Waals surface area contributed by atoms with Crippen molar-refractivity contribution in [2.75, 3.05) is 13.1 Å². The lowest BCUT2D eigenvalue weighted by Gasteiger charge is -2.20. The van der Waals surface area contributed by atoms with Gasteiger partial charge >= 0.3 is 0 Å². The normalized spacial score (nSPS) is 21.5. The number of nitrogens with one attached hydrogen (secondary N) is 2. The van der Waals surface area contributed by atoms with Crippen LogP contribution in [-0.4, -0.2) is 24.1 Å². The zero-order valence-corrected chi connectivity index (χ0v) is 15.2. The largest absolute Gasteiger partial charge is 0.507 e. The first kappa shape index (κ1) is 16.8. The average Bonchev–Trinajstić information content (AvgIpc) is 3.14. The molecule has 0 aliphatic carbocycles. The van der Waals surface area contributed by atoms with E-state index in [1.165, 1.54) is 22.5 Å². The van der Waals surface area contributed by atoms with Gasteiger partial charge in [0.25, 0.3) is 5.91 Å². The predicted molar refractivity (Wildman–Crippen MR) is 106 cm³/mol. The molecule has 132 valence electrons. The minimum atomic E-state index is -0.115. The molecule has 2 aromatic rings. The quantitative estimate of drug-likeness (QED) is 0.723. The highest BCUT2D eigenvalue weighted by molar-refractivity contribution is 7.12. The Kier molecular flexibility index (Phi) is 4.49. The molecule has 1 amide bonds. The molecular weight excluding hydrogens is 344 g/mol. The van der Waals surface area contributed by atoms with E-state index >= 15 is 0 Å². The van der Waals surface area contributed by atoms with Crippen molar-refractivity contribution in [3.05, 3.63) is 81.3 Å². The molecule has 2 aliphatic heterocycles. The van der Waals surface area contributed by atoms with Crippen LogP contribution < -0.4 is 10.6 Å². The smallest absolute Gasteiger partial charge is 0.262 e. The Morgan fingerprint density at radius 2 is 2.08 bits per heavy atom. The van der Waals surface area contributed by atoms with E-state index < -0.39 is 0 Å². The fourth-order valence-electron chi connectivity index (χ4n) is 3.46. The van der Waals surface area contributed by atoms with Crippen molar-refractivity contribution in [3.8, 4) is 0 Å². The molecule has 0 fully saturated rings. The molecule has 2 aliphatic rings. The average molecular weight is 364 g/mol. The lowest BCUT2D eigenvalue weighted by molar-refractivity contribution is 0.0961. The van der Waals surface area contributed by atoms with Crippen LogP contribution in [0.5, 0.6) is 0 Å². The number of aliphatic hydroxyl groups excluding tert-OH is 1. The van der Waals surface area contributed by atoms with E-state index in [-0.39, 0.29) is 11.7 Å². The molecule has 0 atom stereocenters. The topological polar surface area (TPSA) is 61.4 Å². The van der Waals surface area contributed by atoms with Gasteiger partial charge in [-0.25, -0.2) is 0 Å². The third kappa shape index (κ3) is 3.00. The zero-order chi connectivity index (χ0) is 18.1. The van der Waals surface area contributed by atoms with Crippen LogP contribution in [0.3, 0.4) is 0 Å². The second-order valence-corrected chi connectivity index (χ2v) is 7.34. The van der Waals surface area contributed by atoms with Gasteiger partial charge in [0.1, 0.15) is 5.76 Å². The molecule has 0 spiro atoms. The Morgan fingerprint density at radius 1 is 1.19 bits per heavy atom. The molecule has 0 bridgehead atoms. The third-order valence-electron chi connectivity index (χ3n) is 4.79. The first-order valence-electron chi connectivity index (χ1n) is 8.63. The Balaban J connectivity index is 1.87. The molecule has 26 heavy (non-hydrogen) atoms. The molecule has 3 N–H and O–H groups in total. The summed E-state index contributed by atoms with van der Waals surface area (Å²) in [5, 5.41) is 18.9. The number of hydrogen-bond donors (Lipinski definition) is 3. The van der Waals surface area contributed by atoms with E-state index in [1.54, 1.807) is 12.2 Å². The van der Waals surface area contributed by atoms with Crippen LogP contribution in [0.15, 0.2) is 54.1 Å². The molecule has 0 unspecified atom stereocenters. The van der Waals surface area contributed by atoms with Crippen LogP contribution in [0.2, 0.25) is 0 Å². The SMILES string of the molecule is C=C1/C(c2ccc3c(c2)CNCC3)=C(O)\C=C/CNC(=O)c2sccc21. The highest BCUT2D eigenvalue weighted by Gasteiger charge is 2.22. The van der Waals surface area contributed by atoms with Gasteiger partial charge < -0.3 is 15.7 Å². The molecule has 3 heterocycles. The molecular formula is C21H20N2O2S. The van der Waals surface area contributed by atoms with Crippen molar-refractivity contribution in [2.45, 2.75) is 13.0 Å². The van der Waals surface area contributed by atoms with Gasteiger partial charge in [-0.3, -0.25) is 4.79 Å². The van der Waals surface area contributed by atoms with E-state index in [2.05, 4.69) is 29.3 Å². The van der Waals surface area contributed by atoms with Crippen molar-refractivity contribution in [2.24, 2.45) is 0 Å². The van der Waals surface area contributed by atoms with Gasteiger partial charge in [0.15, 0.2) is 0 Å². The fourth-order valence-corrected chi connectivity index (χ4v) is 4.29. The summed E-state index contributed by atoms with van der Waals surface area (Å²) in [4.78, 5) is 13.0. The number of thiophene rings is 1. The van der Waals surface area contributed by atoms with Crippen LogP contribution in [0.1, 0.15) is 31.9 Å². The van der Waals surface area contributed by atoms with Crippen molar-refractivity contribution >= 4 is 28.4 Å². The summed E-state index contributed by atoms with van der Waals surface area (Å²) in [6.07, 6.45) is 4.39. The fraction of sp³-hybridized carbons (Fsp3) is 0.190. The number of carbonyl (C=O) groups excluding carboxylic acids is 1. The summed E-state index contributed by atoms with van der Waals surface area (Å²) in [6.45, 7) is 6.40. The van der Waals surface area contributed by atoms with Gasteiger partial charge in [0.05, 0.1) is 4.88 Å². The molecule has 1 aromatic carbocycles. The summed E-state index contributed by atoms with van der Waals surface area (Å²) in [5.41, 5.74) is 5.58. The first-order valence-corrected chi connectivity index (χ1v) is 9.51. The second-order valence-electron chi connectivity index (χ2n) is 6.42.